The molecular formula is C15H21N3O2. The molecule has 0 bridgehead atoms. The monoisotopic (exact) mass is 275 g/mol. The number of hydrogen-bond donors (Lipinski definition) is 1. The second-order valence-corrected chi connectivity index (χ2v) is 6.17. The van der Waals surface area contributed by atoms with Crippen LogP contribution >= 0.6 is 0 Å². The number of nitrogens with two attached hydrogens (primary N) is 1. The average Bonchev–Trinajstić information content (AvgIpc) is 2.96. The standard InChI is InChI=1S/C15H21N3O2/c1-15(2,3)14-17-10-7-12-13(20-9-19-12)8-11(10)18(14)6-4-5-16/h7-8H,4-6,9,16H2,1-3H3. The van der Waals surface area contributed by atoms with Gasteiger partial charge in [0.2, 0.25) is 6.79 Å². The number of fused-ring (bicyclic) bond motifs is 2. The van der Waals surface area contributed by atoms with Crippen molar-refractivity contribution in [1.29, 1.82) is 0 Å². The van der Waals surface area contributed by atoms with Crippen LogP contribution in [0.3, 0.4) is 0 Å². The van der Waals surface area contributed by atoms with Gasteiger partial charge in [-0.15, -0.1) is 0 Å². The van der Waals surface area contributed by atoms with Crippen LogP contribution in [0.15, 0.2) is 12.1 Å². The maximum absolute atomic E-state index is 5.66. The van der Waals surface area contributed by atoms with Crippen molar-refractivity contribution >= 4 is 11.0 Å². The van der Waals surface area contributed by atoms with Crippen molar-refractivity contribution in [2.75, 3.05) is 13.3 Å². The Balaban J connectivity index is 2.18. The predicted molar refractivity (Wildman–Crippen MR) is 78.2 cm³/mol. The molecule has 0 atom stereocenters. The molecule has 2 N–H and O–H groups in total. The third kappa shape index (κ3) is 2.12. The zero-order valence-corrected chi connectivity index (χ0v) is 12.3. The lowest BCUT2D eigenvalue weighted by atomic mass is 9.95. The van der Waals surface area contributed by atoms with Crippen molar-refractivity contribution in [3.8, 4) is 11.5 Å². The summed E-state index contributed by atoms with van der Waals surface area (Å²) in [6.07, 6.45) is 0.934. The molecule has 2 aromatic rings. The Labute approximate surface area is 118 Å². The Hall–Kier alpha value is -1.75. The highest BCUT2D eigenvalue weighted by Crippen LogP contribution is 2.37. The molecule has 0 saturated carbocycles. The van der Waals surface area contributed by atoms with Gasteiger partial charge in [0.1, 0.15) is 5.82 Å². The Morgan fingerprint density at radius 3 is 2.60 bits per heavy atom. The van der Waals surface area contributed by atoms with E-state index >= 15 is 0 Å². The quantitative estimate of drug-likeness (QED) is 0.934. The first-order valence-corrected chi connectivity index (χ1v) is 7.01. The van der Waals surface area contributed by atoms with E-state index < -0.39 is 0 Å². The van der Waals surface area contributed by atoms with Gasteiger partial charge in [-0.2, -0.15) is 0 Å². The molecule has 1 aliphatic rings. The third-order valence-corrected chi connectivity index (χ3v) is 3.50. The number of hydrogen-bond acceptors (Lipinski definition) is 4. The van der Waals surface area contributed by atoms with Crippen LogP contribution in [0.5, 0.6) is 11.5 Å². The zero-order valence-electron chi connectivity index (χ0n) is 12.3. The summed E-state index contributed by atoms with van der Waals surface area (Å²) < 4.78 is 13.2. The van der Waals surface area contributed by atoms with E-state index in [0.29, 0.717) is 6.54 Å². The lowest BCUT2D eigenvalue weighted by Crippen LogP contribution is -2.20. The first kappa shape index (κ1) is 13.2. The summed E-state index contributed by atoms with van der Waals surface area (Å²) in [5.74, 6) is 2.65. The van der Waals surface area contributed by atoms with E-state index in [2.05, 4.69) is 25.3 Å². The van der Waals surface area contributed by atoms with Crippen LogP contribution < -0.4 is 15.2 Å². The van der Waals surface area contributed by atoms with Gasteiger partial charge in [0, 0.05) is 24.1 Å². The fourth-order valence-electron chi connectivity index (χ4n) is 2.56. The molecule has 0 spiro atoms. The summed E-state index contributed by atoms with van der Waals surface area (Å²) in [4.78, 5) is 4.80. The fraction of sp³-hybridized carbons (Fsp3) is 0.533. The number of ether oxygens (including phenoxy) is 2. The van der Waals surface area contributed by atoms with E-state index in [1.54, 1.807) is 0 Å². The van der Waals surface area contributed by atoms with Gasteiger partial charge in [-0.05, 0) is 13.0 Å². The first-order valence-electron chi connectivity index (χ1n) is 7.01. The predicted octanol–water partition coefficient (Wildman–Crippen LogP) is 2.41. The number of imidazole rings is 1. The molecule has 1 aromatic heterocycles. The van der Waals surface area contributed by atoms with E-state index in [9.17, 15) is 0 Å². The lowest BCUT2D eigenvalue weighted by Gasteiger charge is -2.20. The van der Waals surface area contributed by atoms with E-state index in [4.69, 9.17) is 20.2 Å². The second kappa shape index (κ2) is 4.66. The minimum Gasteiger partial charge on any atom is -0.454 e. The zero-order chi connectivity index (χ0) is 14.3. The maximum Gasteiger partial charge on any atom is 0.231 e. The number of nitrogens with zero attached hydrogens (tertiary/aromatic N) is 2. The van der Waals surface area contributed by atoms with Crippen LogP contribution in [0, 0.1) is 0 Å². The van der Waals surface area contributed by atoms with E-state index in [1.807, 2.05) is 12.1 Å². The first-order chi connectivity index (χ1) is 9.50. The molecule has 5 heteroatoms. The summed E-state index contributed by atoms with van der Waals surface area (Å²) >= 11 is 0. The second-order valence-electron chi connectivity index (χ2n) is 6.17. The van der Waals surface area contributed by atoms with Crippen molar-refractivity contribution in [2.45, 2.75) is 39.2 Å². The number of benzene rings is 1. The molecule has 1 aliphatic heterocycles. The van der Waals surface area contributed by atoms with Gasteiger partial charge < -0.3 is 19.8 Å². The molecule has 0 fully saturated rings. The molecule has 0 aliphatic carbocycles. The van der Waals surface area contributed by atoms with E-state index in [1.165, 1.54) is 0 Å². The highest BCUT2D eigenvalue weighted by molar-refractivity contribution is 5.81. The molecule has 0 saturated heterocycles. The Bertz CT molecular complexity index is 641. The highest BCUT2D eigenvalue weighted by atomic mass is 16.7. The van der Waals surface area contributed by atoms with Crippen LogP contribution in [-0.2, 0) is 12.0 Å². The SMILES string of the molecule is CC(C)(C)c1nc2cc3c(cc2n1CCCN)OCO3. The van der Waals surface area contributed by atoms with Crippen LogP contribution in [-0.4, -0.2) is 22.9 Å². The molecule has 0 amide bonds. The molecule has 2 heterocycles. The summed E-state index contributed by atoms with van der Waals surface area (Å²) in [5, 5.41) is 0. The minimum atomic E-state index is -0.0141. The summed E-state index contributed by atoms with van der Waals surface area (Å²) in [7, 11) is 0. The van der Waals surface area contributed by atoms with E-state index in [-0.39, 0.29) is 12.2 Å². The smallest absolute Gasteiger partial charge is 0.231 e. The molecule has 0 unspecified atom stereocenters. The number of aryl methyl sites for hydroxylation is 1. The molecule has 1 aromatic carbocycles. The van der Waals surface area contributed by atoms with Gasteiger partial charge in [-0.3, -0.25) is 0 Å². The Kier molecular flexibility index (Phi) is 3.09. The Morgan fingerprint density at radius 2 is 1.95 bits per heavy atom. The van der Waals surface area contributed by atoms with Crippen LogP contribution in [0.4, 0.5) is 0 Å². The molecular weight excluding hydrogens is 254 g/mol. The van der Waals surface area contributed by atoms with Gasteiger partial charge in [-0.1, -0.05) is 20.8 Å². The largest absolute Gasteiger partial charge is 0.454 e. The Morgan fingerprint density at radius 1 is 1.25 bits per heavy atom. The summed E-state index contributed by atoms with van der Waals surface area (Å²) in [5.41, 5.74) is 7.69. The highest BCUT2D eigenvalue weighted by Gasteiger charge is 2.25. The van der Waals surface area contributed by atoms with Crippen molar-refractivity contribution in [2.24, 2.45) is 5.73 Å². The van der Waals surface area contributed by atoms with Crippen molar-refractivity contribution in [3.63, 3.8) is 0 Å². The molecule has 108 valence electrons. The van der Waals surface area contributed by atoms with Gasteiger partial charge in [0.15, 0.2) is 11.5 Å². The molecule has 0 radical (unpaired) electrons. The van der Waals surface area contributed by atoms with Crippen molar-refractivity contribution in [1.82, 2.24) is 9.55 Å². The molecule has 5 nitrogen and oxygen atoms in total. The summed E-state index contributed by atoms with van der Waals surface area (Å²) in [6.45, 7) is 8.36. The van der Waals surface area contributed by atoms with Gasteiger partial charge in [0.25, 0.3) is 0 Å². The topological polar surface area (TPSA) is 62.3 Å². The van der Waals surface area contributed by atoms with Gasteiger partial charge >= 0.3 is 0 Å². The average molecular weight is 275 g/mol. The molecule has 3 rings (SSSR count). The summed E-state index contributed by atoms with van der Waals surface area (Å²) in [6, 6.07) is 3.99. The molecule has 20 heavy (non-hydrogen) atoms. The maximum atomic E-state index is 5.66. The van der Waals surface area contributed by atoms with Gasteiger partial charge in [-0.25, -0.2) is 4.98 Å². The van der Waals surface area contributed by atoms with Crippen molar-refractivity contribution in [3.05, 3.63) is 18.0 Å². The van der Waals surface area contributed by atoms with E-state index in [0.717, 1.165) is 41.3 Å². The fourth-order valence-corrected chi connectivity index (χ4v) is 2.56. The normalized spacial score (nSPS) is 14.2. The van der Waals surface area contributed by atoms with Crippen LogP contribution in [0.1, 0.15) is 33.0 Å². The number of aromatic nitrogens is 2. The van der Waals surface area contributed by atoms with Crippen molar-refractivity contribution < 1.29 is 9.47 Å². The van der Waals surface area contributed by atoms with Crippen LogP contribution in [0.25, 0.3) is 11.0 Å². The lowest BCUT2D eigenvalue weighted by molar-refractivity contribution is 0.174. The number of rotatable bonds is 3. The van der Waals surface area contributed by atoms with Gasteiger partial charge in [0.05, 0.1) is 11.0 Å². The van der Waals surface area contributed by atoms with Crippen LogP contribution in [0.2, 0.25) is 0 Å². The third-order valence-electron chi connectivity index (χ3n) is 3.50. The minimum absolute atomic E-state index is 0.0141.